The molecule has 1 aromatic heterocycles. The number of aromatic amines is 1. The molecule has 0 bridgehead atoms. The molecule has 0 aromatic carbocycles. The van der Waals surface area contributed by atoms with E-state index in [-0.39, 0.29) is 16.9 Å². The molecule has 7 heteroatoms. The van der Waals surface area contributed by atoms with E-state index in [0.29, 0.717) is 12.0 Å². The fourth-order valence-electron chi connectivity index (χ4n) is 1.91. The van der Waals surface area contributed by atoms with Crippen molar-refractivity contribution in [1.29, 1.82) is 0 Å². The second-order valence-electron chi connectivity index (χ2n) is 4.07. The average Bonchev–Trinajstić information content (AvgIpc) is 2.70. The number of H-pyrrole nitrogens is 1. The first-order valence-electron chi connectivity index (χ1n) is 5.49. The van der Waals surface area contributed by atoms with E-state index < -0.39 is 18.4 Å². The van der Waals surface area contributed by atoms with E-state index in [1.165, 1.54) is 12.3 Å². The number of aliphatic hydroxyl groups excluding tert-OH is 2. The molecule has 1 aliphatic heterocycles. The Balaban J connectivity index is 2.38. The van der Waals surface area contributed by atoms with E-state index in [1.807, 2.05) is 0 Å². The summed E-state index contributed by atoms with van der Waals surface area (Å²) in [7, 11) is 0. The highest BCUT2D eigenvalue weighted by Crippen LogP contribution is 2.28. The molecule has 98 valence electrons. The van der Waals surface area contributed by atoms with Crippen molar-refractivity contribution in [3.63, 3.8) is 0 Å². The third kappa shape index (κ3) is 2.30. The van der Waals surface area contributed by atoms with E-state index in [1.54, 1.807) is 4.57 Å². The van der Waals surface area contributed by atoms with Gasteiger partial charge in [-0.15, -0.1) is 0 Å². The normalized spacial score (nSPS) is 27.3. The van der Waals surface area contributed by atoms with Crippen molar-refractivity contribution in [1.82, 2.24) is 9.55 Å². The van der Waals surface area contributed by atoms with E-state index in [9.17, 15) is 9.90 Å². The number of hydrogen-bond acceptors (Lipinski definition) is 5. The highest BCUT2D eigenvalue weighted by atomic mass is 32.1. The number of aromatic nitrogens is 2. The molecule has 1 aliphatic rings. The lowest BCUT2D eigenvalue weighted by Crippen LogP contribution is -2.24. The first-order chi connectivity index (χ1) is 8.56. The van der Waals surface area contributed by atoms with Gasteiger partial charge in [-0.05, 0) is 12.2 Å². The maximum Gasteiger partial charge on any atom is 0.258 e. The lowest BCUT2D eigenvalue weighted by Gasteiger charge is -2.15. The maximum atomic E-state index is 11.5. The van der Waals surface area contributed by atoms with Crippen molar-refractivity contribution in [2.45, 2.75) is 24.9 Å². The summed E-state index contributed by atoms with van der Waals surface area (Å²) in [6.45, 7) is 3.28. The van der Waals surface area contributed by atoms with Crippen LogP contribution in [0.4, 0.5) is 0 Å². The van der Waals surface area contributed by atoms with Gasteiger partial charge >= 0.3 is 0 Å². The van der Waals surface area contributed by atoms with Crippen LogP contribution in [-0.4, -0.2) is 38.6 Å². The predicted molar refractivity (Wildman–Crippen MR) is 67.6 cm³/mol. The fraction of sp³-hybridized carbons (Fsp3) is 0.455. The molecule has 0 unspecified atom stereocenters. The largest absolute Gasteiger partial charge is 0.394 e. The maximum absolute atomic E-state index is 11.5. The number of rotatable bonds is 3. The average molecular weight is 270 g/mol. The van der Waals surface area contributed by atoms with Crippen LogP contribution in [0.5, 0.6) is 0 Å². The molecule has 3 N–H and O–H groups in total. The highest BCUT2D eigenvalue weighted by Gasteiger charge is 2.34. The molecule has 6 nitrogen and oxygen atoms in total. The monoisotopic (exact) mass is 270 g/mol. The number of aliphatic hydroxyl groups is 2. The van der Waals surface area contributed by atoms with Gasteiger partial charge in [-0.2, -0.15) is 0 Å². The highest BCUT2D eigenvalue weighted by molar-refractivity contribution is 7.71. The summed E-state index contributed by atoms with van der Waals surface area (Å²) in [5.41, 5.74) is 0.0534. The summed E-state index contributed by atoms with van der Waals surface area (Å²) in [5, 5.41) is 18.7. The Kier molecular flexibility index (Phi) is 3.76. The van der Waals surface area contributed by atoms with Gasteiger partial charge in [-0.25, -0.2) is 0 Å². The molecule has 18 heavy (non-hydrogen) atoms. The van der Waals surface area contributed by atoms with E-state index in [2.05, 4.69) is 11.6 Å². The fourth-order valence-corrected chi connectivity index (χ4v) is 2.17. The van der Waals surface area contributed by atoms with Gasteiger partial charge in [0, 0.05) is 12.6 Å². The van der Waals surface area contributed by atoms with Gasteiger partial charge in [0.05, 0.1) is 18.3 Å². The predicted octanol–water partition coefficient (Wildman–Crippen LogP) is 0.190. The Morgan fingerprint density at radius 2 is 2.44 bits per heavy atom. The standard InChI is InChI=1S/C11H14N2O4S/c1-2-6-4-13(11(18)12-10(6)16)9-3-7(15)8(5-14)17-9/h2,4,7-9,14-15H,1,3,5H2,(H,12,16,18)/t7-,8+,9+/m0/s1. The zero-order valence-corrected chi connectivity index (χ0v) is 10.4. The van der Waals surface area contributed by atoms with Crippen molar-refractivity contribution >= 4 is 18.3 Å². The van der Waals surface area contributed by atoms with Crippen LogP contribution >= 0.6 is 12.2 Å². The second kappa shape index (κ2) is 5.15. The third-order valence-corrected chi connectivity index (χ3v) is 3.22. The van der Waals surface area contributed by atoms with Gasteiger partial charge in [0.25, 0.3) is 5.56 Å². The quantitative estimate of drug-likeness (QED) is 0.682. The Hall–Kier alpha value is -1.28. The smallest absolute Gasteiger partial charge is 0.258 e. The van der Waals surface area contributed by atoms with Gasteiger partial charge in [0.2, 0.25) is 0 Å². The zero-order chi connectivity index (χ0) is 13.3. The minimum absolute atomic E-state index is 0.210. The van der Waals surface area contributed by atoms with Crippen LogP contribution in [0.2, 0.25) is 0 Å². The molecule has 1 saturated heterocycles. The number of nitrogens with zero attached hydrogens (tertiary/aromatic N) is 1. The lowest BCUT2D eigenvalue weighted by molar-refractivity contribution is -0.0453. The summed E-state index contributed by atoms with van der Waals surface area (Å²) >= 11 is 5.05. The molecule has 0 saturated carbocycles. The Morgan fingerprint density at radius 1 is 1.72 bits per heavy atom. The Labute approximate surface area is 108 Å². The summed E-state index contributed by atoms with van der Waals surface area (Å²) in [4.78, 5) is 14.0. The SMILES string of the molecule is C=Cc1cn([C@H]2C[C@H](O)[C@@H](CO)O2)c(=S)[nH]c1=O. The lowest BCUT2D eigenvalue weighted by atomic mass is 10.2. The number of nitrogens with one attached hydrogen (secondary N) is 1. The first-order valence-corrected chi connectivity index (χ1v) is 5.90. The van der Waals surface area contributed by atoms with Crippen molar-refractivity contribution in [2.75, 3.05) is 6.61 Å². The van der Waals surface area contributed by atoms with Crippen LogP contribution in [0.15, 0.2) is 17.6 Å². The van der Waals surface area contributed by atoms with Crippen molar-refractivity contribution < 1.29 is 14.9 Å². The second-order valence-corrected chi connectivity index (χ2v) is 4.46. The van der Waals surface area contributed by atoms with Gasteiger partial charge < -0.3 is 14.9 Å². The molecule has 0 aliphatic carbocycles. The van der Waals surface area contributed by atoms with Gasteiger partial charge in [0.15, 0.2) is 4.77 Å². The van der Waals surface area contributed by atoms with Gasteiger partial charge in [0.1, 0.15) is 12.3 Å². The molecule has 0 amide bonds. The molecular weight excluding hydrogens is 256 g/mol. The summed E-state index contributed by atoms with van der Waals surface area (Å²) in [6, 6.07) is 0. The van der Waals surface area contributed by atoms with Crippen LogP contribution in [0.25, 0.3) is 6.08 Å². The van der Waals surface area contributed by atoms with Crippen LogP contribution in [0.3, 0.4) is 0 Å². The van der Waals surface area contributed by atoms with E-state index in [4.69, 9.17) is 22.1 Å². The van der Waals surface area contributed by atoms with Crippen LogP contribution in [0.1, 0.15) is 18.2 Å². The zero-order valence-electron chi connectivity index (χ0n) is 9.57. The Bertz CT molecular complexity index is 565. The summed E-state index contributed by atoms with van der Waals surface area (Å²) in [5.74, 6) is 0. The van der Waals surface area contributed by atoms with Crippen LogP contribution in [-0.2, 0) is 4.74 Å². The van der Waals surface area contributed by atoms with E-state index >= 15 is 0 Å². The van der Waals surface area contributed by atoms with Crippen molar-refractivity contribution in [3.8, 4) is 0 Å². The first kappa shape index (κ1) is 13.2. The van der Waals surface area contributed by atoms with Crippen molar-refractivity contribution in [2.24, 2.45) is 0 Å². The molecule has 1 aromatic rings. The van der Waals surface area contributed by atoms with Crippen LogP contribution < -0.4 is 5.56 Å². The summed E-state index contributed by atoms with van der Waals surface area (Å²) in [6.07, 6.45) is 1.38. The topological polar surface area (TPSA) is 87.5 Å². The molecule has 2 rings (SSSR count). The molecule has 0 radical (unpaired) electrons. The number of ether oxygens (including phenoxy) is 1. The number of hydrogen-bond donors (Lipinski definition) is 3. The molecule has 1 fully saturated rings. The minimum atomic E-state index is -0.749. The van der Waals surface area contributed by atoms with Gasteiger partial charge in [-0.3, -0.25) is 14.3 Å². The summed E-state index contributed by atoms with van der Waals surface area (Å²) < 4.78 is 7.23. The molecular formula is C11H14N2O4S. The van der Waals surface area contributed by atoms with E-state index in [0.717, 1.165) is 0 Å². The molecule has 3 atom stereocenters. The minimum Gasteiger partial charge on any atom is -0.394 e. The third-order valence-electron chi connectivity index (χ3n) is 2.91. The van der Waals surface area contributed by atoms with Gasteiger partial charge in [-0.1, -0.05) is 12.7 Å². The Morgan fingerprint density at radius 3 is 3.00 bits per heavy atom. The van der Waals surface area contributed by atoms with Crippen LogP contribution in [0, 0.1) is 4.77 Å². The molecule has 2 heterocycles. The molecule has 0 spiro atoms. The van der Waals surface area contributed by atoms with Crippen molar-refractivity contribution in [3.05, 3.63) is 33.5 Å².